The van der Waals surface area contributed by atoms with Gasteiger partial charge in [-0.3, -0.25) is 4.79 Å². The first-order valence-corrected chi connectivity index (χ1v) is 21.8. The fraction of sp³-hybridized carbons (Fsp3) is 0.245. The lowest BCUT2D eigenvalue weighted by molar-refractivity contribution is -0.111. The number of fused-ring (bicyclic) bond motifs is 2. The van der Waals surface area contributed by atoms with E-state index in [1.54, 1.807) is 54.3 Å². The van der Waals surface area contributed by atoms with E-state index < -0.39 is 0 Å². The van der Waals surface area contributed by atoms with Gasteiger partial charge in [0.1, 0.15) is 11.5 Å². The number of nitrogen functional groups attached to an aromatic ring is 1. The van der Waals surface area contributed by atoms with E-state index in [0.717, 1.165) is 59.4 Å². The number of nitrogens with zero attached hydrogens (tertiary/aromatic N) is 12. The fourth-order valence-electron chi connectivity index (χ4n) is 7.16. The predicted molar refractivity (Wildman–Crippen MR) is 273 cm³/mol. The Morgan fingerprint density at radius 2 is 1.12 bits per heavy atom. The standard InChI is InChI=1S/C26H30N8O2.C23H28N8O/c1-6-25(35)29-19-15-20(23(36-5)16-22(19)33(4)14-13-32(2)3)30-26-27-12-11-24(31-26)34-21-10-8-7-9-18(21)17-28-34;1-29(2)11-12-30(3)20-14-21(32-4)18(13-17(20)24)27-23-25-10-9-22(28-23)31-19-8-6-5-7-16(19)15-26-31/h6-12,15-17H,1,13-14H2,2-5H3,(H,29,35)(H,27,30,31);5-10,13-15H,11-12,24H2,1-4H3,(H,25,27,28). The molecule has 0 saturated heterocycles. The number of benzene rings is 4. The van der Waals surface area contributed by atoms with E-state index >= 15 is 0 Å². The summed E-state index contributed by atoms with van der Waals surface area (Å²) >= 11 is 0. The van der Waals surface area contributed by atoms with E-state index in [4.69, 9.17) is 15.2 Å². The molecule has 0 bridgehead atoms. The first-order chi connectivity index (χ1) is 32.8. The smallest absolute Gasteiger partial charge is 0.247 e. The first kappa shape index (κ1) is 47.7. The van der Waals surface area contributed by atoms with Crippen LogP contribution < -0.4 is 41.0 Å². The molecule has 0 spiro atoms. The third-order valence-corrected chi connectivity index (χ3v) is 10.9. The normalized spacial score (nSPS) is 11.0. The number of para-hydroxylation sites is 2. The van der Waals surface area contributed by atoms with Crippen LogP contribution in [0, 0.1) is 0 Å². The maximum absolute atomic E-state index is 12.2. The monoisotopic (exact) mass is 918 g/mol. The number of methoxy groups -OCH3 is 2. The molecule has 4 aromatic carbocycles. The number of likely N-dealkylation sites (N-methyl/N-ethyl adjacent to an activating group) is 4. The third kappa shape index (κ3) is 11.4. The zero-order valence-electron chi connectivity index (χ0n) is 39.7. The largest absolute Gasteiger partial charge is 0.494 e. The molecule has 0 fully saturated rings. The molecule has 1 amide bonds. The molecule has 352 valence electrons. The number of amides is 1. The number of carbonyl (C=O) groups is 1. The van der Waals surface area contributed by atoms with Gasteiger partial charge in [0.2, 0.25) is 17.8 Å². The molecule has 0 unspecified atom stereocenters. The SMILES string of the molecule is C=CC(=O)Nc1cc(Nc2nccc(-n3ncc4ccccc43)n2)c(OC)cc1N(C)CCN(C)C.COc1cc(N(C)CCN(C)C)c(N)cc1Nc1nccc(-n2ncc3ccccc32)n1. The molecule has 0 saturated carbocycles. The van der Waals surface area contributed by atoms with Crippen molar-refractivity contribution < 1.29 is 14.3 Å². The van der Waals surface area contributed by atoms with Gasteiger partial charge in [-0.15, -0.1) is 0 Å². The summed E-state index contributed by atoms with van der Waals surface area (Å²) < 4.78 is 14.8. The number of ether oxygens (including phenoxy) is 2. The predicted octanol–water partition coefficient (Wildman–Crippen LogP) is 6.84. The molecule has 5 N–H and O–H groups in total. The van der Waals surface area contributed by atoms with Gasteiger partial charge in [0, 0.05) is 87.7 Å². The summed E-state index contributed by atoms with van der Waals surface area (Å²) in [4.78, 5) is 38.6. The highest BCUT2D eigenvalue weighted by Crippen LogP contribution is 2.39. The molecule has 8 rings (SSSR count). The molecule has 19 heteroatoms. The Hall–Kier alpha value is -8.29. The summed E-state index contributed by atoms with van der Waals surface area (Å²) in [6.07, 6.45) is 8.22. The van der Waals surface area contributed by atoms with Gasteiger partial charge in [-0.05, 0) is 58.5 Å². The van der Waals surface area contributed by atoms with Crippen LogP contribution in [-0.2, 0) is 4.79 Å². The Bertz CT molecular complexity index is 3000. The quantitative estimate of drug-likeness (QED) is 0.0515. The van der Waals surface area contributed by atoms with E-state index in [-0.39, 0.29) is 5.91 Å². The van der Waals surface area contributed by atoms with Gasteiger partial charge in [0.25, 0.3) is 0 Å². The second-order valence-corrected chi connectivity index (χ2v) is 16.3. The Morgan fingerprint density at radius 1 is 0.647 bits per heavy atom. The van der Waals surface area contributed by atoms with Gasteiger partial charge in [-0.25, -0.2) is 19.3 Å². The number of hydrogen-bond acceptors (Lipinski definition) is 16. The Kier molecular flexibility index (Phi) is 15.3. The molecule has 0 aliphatic heterocycles. The van der Waals surface area contributed by atoms with Gasteiger partial charge < -0.3 is 50.8 Å². The maximum atomic E-state index is 12.2. The average molecular weight is 919 g/mol. The molecule has 19 nitrogen and oxygen atoms in total. The lowest BCUT2D eigenvalue weighted by atomic mass is 10.2. The molecule has 8 aromatic rings. The van der Waals surface area contributed by atoms with Crippen molar-refractivity contribution in [3.8, 4) is 23.1 Å². The number of nitrogens with two attached hydrogens (primary N) is 1. The van der Waals surface area contributed by atoms with Gasteiger partial charge in [0.15, 0.2) is 11.6 Å². The third-order valence-electron chi connectivity index (χ3n) is 10.9. The summed E-state index contributed by atoms with van der Waals surface area (Å²) in [7, 11) is 15.3. The number of aromatic nitrogens is 8. The van der Waals surface area contributed by atoms with Crippen molar-refractivity contribution in [3.05, 3.63) is 122 Å². The summed E-state index contributed by atoms with van der Waals surface area (Å²) in [5.41, 5.74) is 12.6. The van der Waals surface area contributed by atoms with Crippen molar-refractivity contribution in [2.24, 2.45) is 0 Å². The van der Waals surface area contributed by atoms with Crippen LogP contribution in [-0.4, -0.2) is 138 Å². The highest BCUT2D eigenvalue weighted by molar-refractivity contribution is 6.02. The Balaban J connectivity index is 0.000000203. The Labute approximate surface area is 395 Å². The first-order valence-electron chi connectivity index (χ1n) is 21.8. The maximum Gasteiger partial charge on any atom is 0.247 e. The van der Waals surface area contributed by atoms with Crippen LogP contribution in [0.1, 0.15) is 0 Å². The van der Waals surface area contributed by atoms with Crippen LogP contribution in [0.5, 0.6) is 11.5 Å². The second kappa shape index (κ2) is 21.8. The molecule has 0 atom stereocenters. The van der Waals surface area contributed by atoms with Crippen molar-refractivity contribution in [1.29, 1.82) is 0 Å². The number of carbonyl (C=O) groups excluding carboxylic acids is 1. The molecular formula is C49H58N16O3. The minimum Gasteiger partial charge on any atom is -0.494 e. The van der Waals surface area contributed by atoms with E-state index in [1.165, 1.54) is 6.08 Å². The van der Waals surface area contributed by atoms with Crippen LogP contribution in [0.25, 0.3) is 33.4 Å². The lowest BCUT2D eigenvalue weighted by Crippen LogP contribution is -2.29. The molecule has 68 heavy (non-hydrogen) atoms. The summed E-state index contributed by atoms with van der Waals surface area (Å²) in [5.74, 6) is 3.00. The van der Waals surface area contributed by atoms with Crippen molar-refractivity contribution in [3.63, 3.8) is 0 Å². The van der Waals surface area contributed by atoms with Crippen LogP contribution >= 0.6 is 0 Å². The Morgan fingerprint density at radius 3 is 1.60 bits per heavy atom. The number of rotatable bonds is 18. The number of hydrogen-bond donors (Lipinski definition) is 4. The summed E-state index contributed by atoms with van der Waals surface area (Å²) in [5, 5.41) is 20.4. The summed E-state index contributed by atoms with van der Waals surface area (Å²) in [6, 6.07) is 27.0. The molecule has 4 heterocycles. The number of anilines is 8. The molecule has 0 aliphatic rings. The van der Waals surface area contributed by atoms with Crippen molar-refractivity contribution in [1.82, 2.24) is 49.3 Å². The zero-order chi connectivity index (χ0) is 48.3. The van der Waals surface area contributed by atoms with Crippen LogP contribution in [0.4, 0.5) is 46.0 Å². The molecule has 4 aromatic heterocycles. The average Bonchev–Trinajstić information content (AvgIpc) is 3.98. The van der Waals surface area contributed by atoms with Crippen molar-refractivity contribution >= 4 is 73.7 Å². The van der Waals surface area contributed by atoms with E-state index in [9.17, 15) is 4.79 Å². The van der Waals surface area contributed by atoms with E-state index in [2.05, 4.69) is 72.3 Å². The minimum absolute atomic E-state index is 0.308. The van der Waals surface area contributed by atoms with Crippen LogP contribution in [0.2, 0.25) is 0 Å². The lowest BCUT2D eigenvalue weighted by Gasteiger charge is -2.26. The minimum atomic E-state index is -0.308. The van der Waals surface area contributed by atoms with Crippen LogP contribution in [0.3, 0.4) is 0 Å². The zero-order valence-corrected chi connectivity index (χ0v) is 39.7. The van der Waals surface area contributed by atoms with Crippen molar-refractivity contribution in [2.75, 3.05) is 114 Å². The van der Waals surface area contributed by atoms with Crippen LogP contribution in [0.15, 0.2) is 122 Å². The highest BCUT2D eigenvalue weighted by atomic mass is 16.5. The molecule has 0 aliphatic carbocycles. The van der Waals surface area contributed by atoms with Gasteiger partial charge in [-0.2, -0.15) is 20.2 Å². The van der Waals surface area contributed by atoms with E-state index in [0.29, 0.717) is 57.8 Å². The van der Waals surface area contributed by atoms with Crippen molar-refractivity contribution in [2.45, 2.75) is 0 Å². The second-order valence-electron chi connectivity index (χ2n) is 16.3. The number of nitrogens with one attached hydrogen (secondary N) is 3. The highest BCUT2D eigenvalue weighted by Gasteiger charge is 2.18. The fourth-order valence-corrected chi connectivity index (χ4v) is 7.16. The molecular weight excluding hydrogens is 861 g/mol. The summed E-state index contributed by atoms with van der Waals surface area (Å²) in [6.45, 7) is 6.93. The molecule has 0 radical (unpaired) electrons. The topological polar surface area (TPSA) is 198 Å². The van der Waals surface area contributed by atoms with E-state index in [1.807, 2.05) is 121 Å². The van der Waals surface area contributed by atoms with Gasteiger partial charge >= 0.3 is 0 Å². The van der Waals surface area contributed by atoms with Gasteiger partial charge in [0.05, 0.1) is 71.8 Å². The van der Waals surface area contributed by atoms with Gasteiger partial charge in [-0.1, -0.05) is 43.0 Å².